The molecular weight excluding hydrogens is 265 g/mol. The lowest BCUT2D eigenvalue weighted by Gasteiger charge is -2.19. The quantitative estimate of drug-likeness (QED) is 0.521. The first-order valence-corrected chi connectivity index (χ1v) is 5.04. The summed E-state index contributed by atoms with van der Waals surface area (Å²) >= 11 is 0.915. The molecule has 0 fully saturated rings. The smallest absolute Gasteiger partial charge is 0.397 e. The Morgan fingerprint density at radius 3 is 2.29 bits per heavy atom. The number of carbonyl (C=O) groups excluding carboxylic acids is 1. The molecule has 8 heteroatoms. The SMILES string of the molecule is N/C(=C\C(=O)c1cccs1)C(F)(F)C(F)(F)F. The molecule has 0 bridgehead atoms. The molecule has 0 aliphatic heterocycles. The molecule has 0 aliphatic rings. The second-order valence-electron chi connectivity index (χ2n) is 3.01. The molecular formula is C9H6F5NOS. The number of hydrogen-bond acceptors (Lipinski definition) is 3. The third-order valence-electron chi connectivity index (χ3n) is 1.77. The van der Waals surface area contributed by atoms with Gasteiger partial charge in [-0.25, -0.2) is 0 Å². The van der Waals surface area contributed by atoms with Crippen LogP contribution in [0.15, 0.2) is 29.3 Å². The molecule has 0 radical (unpaired) electrons. The van der Waals surface area contributed by atoms with Gasteiger partial charge in [-0.2, -0.15) is 22.0 Å². The number of rotatable bonds is 3. The summed E-state index contributed by atoms with van der Waals surface area (Å²) in [7, 11) is 0. The predicted octanol–water partition coefficient (Wildman–Crippen LogP) is 2.97. The van der Waals surface area contributed by atoms with E-state index in [2.05, 4.69) is 5.73 Å². The Hall–Kier alpha value is -1.44. The zero-order valence-corrected chi connectivity index (χ0v) is 8.91. The molecule has 1 heterocycles. The van der Waals surface area contributed by atoms with E-state index in [0.717, 1.165) is 11.3 Å². The van der Waals surface area contributed by atoms with Gasteiger partial charge in [0.25, 0.3) is 0 Å². The van der Waals surface area contributed by atoms with Crippen LogP contribution in [-0.2, 0) is 0 Å². The van der Waals surface area contributed by atoms with E-state index >= 15 is 0 Å². The van der Waals surface area contributed by atoms with Crippen molar-refractivity contribution in [3.05, 3.63) is 34.2 Å². The van der Waals surface area contributed by atoms with Crippen molar-refractivity contribution in [3.63, 3.8) is 0 Å². The monoisotopic (exact) mass is 271 g/mol. The van der Waals surface area contributed by atoms with Gasteiger partial charge in [0.1, 0.15) is 0 Å². The lowest BCUT2D eigenvalue weighted by atomic mass is 10.2. The van der Waals surface area contributed by atoms with Crippen molar-refractivity contribution in [2.45, 2.75) is 12.1 Å². The van der Waals surface area contributed by atoms with E-state index in [1.54, 1.807) is 0 Å². The molecule has 94 valence electrons. The van der Waals surface area contributed by atoms with Gasteiger partial charge >= 0.3 is 12.1 Å². The molecule has 0 spiro atoms. The summed E-state index contributed by atoms with van der Waals surface area (Å²) in [5.41, 5.74) is 2.80. The molecule has 0 aromatic carbocycles. The van der Waals surface area contributed by atoms with E-state index in [9.17, 15) is 26.7 Å². The molecule has 0 atom stereocenters. The summed E-state index contributed by atoms with van der Waals surface area (Å²) < 4.78 is 61.0. The number of carbonyl (C=O) groups is 1. The second-order valence-corrected chi connectivity index (χ2v) is 3.96. The van der Waals surface area contributed by atoms with Crippen LogP contribution in [0.3, 0.4) is 0 Å². The van der Waals surface area contributed by atoms with Gasteiger partial charge in [0, 0.05) is 6.08 Å². The van der Waals surface area contributed by atoms with Crippen molar-refractivity contribution in [2.75, 3.05) is 0 Å². The highest BCUT2D eigenvalue weighted by Crippen LogP contribution is 2.39. The summed E-state index contributed by atoms with van der Waals surface area (Å²) in [6.07, 6.45) is -5.72. The van der Waals surface area contributed by atoms with E-state index in [1.165, 1.54) is 17.5 Å². The zero-order valence-electron chi connectivity index (χ0n) is 8.09. The van der Waals surface area contributed by atoms with Crippen molar-refractivity contribution < 1.29 is 26.7 Å². The number of alkyl halides is 5. The predicted molar refractivity (Wildman–Crippen MR) is 51.9 cm³/mol. The van der Waals surface area contributed by atoms with Crippen molar-refractivity contribution in [1.29, 1.82) is 0 Å². The Kier molecular flexibility index (Phi) is 3.56. The van der Waals surface area contributed by atoms with Gasteiger partial charge in [0.05, 0.1) is 10.6 Å². The molecule has 17 heavy (non-hydrogen) atoms. The van der Waals surface area contributed by atoms with Gasteiger partial charge in [0.2, 0.25) is 0 Å². The van der Waals surface area contributed by atoms with Crippen LogP contribution in [0.2, 0.25) is 0 Å². The maximum absolute atomic E-state index is 12.7. The molecule has 1 rings (SSSR count). The number of halogens is 5. The fourth-order valence-corrected chi connectivity index (χ4v) is 1.52. The summed E-state index contributed by atoms with van der Waals surface area (Å²) in [6, 6.07) is 2.76. The molecule has 0 aliphatic carbocycles. The van der Waals surface area contributed by atoms with Crippen LogP contribution in [0, 0.1) is 0 Å². The number of ketones is 1. The normalized spacial score (nSPS) is 13.8. The van der Waals surface area contributed by atoms with Crippen LogP contribution in [0.25, 0.3) is 0 Å². The molecule has 2 N–H and O–H groups in total. The molecule has 0 saturated carbocycles. The molecule has 2 nitrogen and oxygen atoms in total. The van der Waals surface area contributed by atoms with Crippen molar-refractivity contribution in [3.8, 4) is 0 Å². The first-order valence-electron chi connectivity index (χ1n) is 4.16. The summed E-state index contributed by atoms with van der Waals surface area (Å²) in [5, 5.41) is 1.49. The molecule has 1 aromatic heterocycles. The third kappa shape index (κ3) is 2.82. The lowest BCUT2D eigenvalue weighted by molar-refractivity contribution is -0.264. The van der Waals surface area contributed by atoms with Crippen LogP contribution in [0.4, 0.5) is 22.0 Å². The molecule has 0 unspecified atom stereocenters. The highest BCUT2D eigenvalue weighted by atomic mass is 32.1. The van der Waals surface area contributed by atoms with Crippen LogP contribution in [0.1, 0.15) is 9.67 Å². The third-order valence-corrected chi connectivity index (χ3v) is 2.65. The number of nitrogens with two attached hydrogens (primary N) is 1. The van der Waals surface area contributed by atoms with Crippen molar-refractivity contribution in [1.82, 2.24) is 0 Å². The average Bonchev–Trinajstić information content (AvgIpc) is 2.68. The van der Waals surface area contributed by atoms with Crippen LogP contribution < -0.4 is 5.73 Å². The van der Waals surface area contributed by atoms with E-state index in [0.29, 0.717) is 0 Å². The molecule has 0 saturated heterocycles. The van der Waals surface area contributed by atoms with Crippen LogP contribution >= 0.6 is 11.3 Å². The van der Waals surface area contributed by atoms with Gasteiger partial charge in [-0.1, -0.05) is 6.07 Å². The highest BCUT2D eigenvalue weighted by molar-refractivity contribution is 7.12. The van der Waals surface area contributed by atoms with Gasteiger partial charge in [0.15, 0.2) is 5.78 Å². The minimum Gasteiger partial charge on any atom is -0.397 e. The molecule has 0 amide bonds. The number of allylic oxidation sites excluding steroid dienone is 2. The summed E-state index contributed by atoms with van der Waals surface area (Å²) in [4.78, 5) is 11.3. The Balaban J connectivity index is 2.98. The Labute approximate surface area is 96.5 Å². The van der Waals surface area contributed by atoms with Gasteiger partial charge in [-0.3, -0.25) is 4.79 Å². The van der Waals surface area contributed by atoms with Gasteiger partial charge in [-0.15, -0.1) is 11.3 Å². The number of thiophene rings is 1. The topological polar surface area (TPSA) is 43.1 Å². The first kappa shape index (κ1) is 13.6. The first-order chi connectivity index (χ1) is 7.66. The maximum atomic E-state index is 12.7. The fraction of sp³-hybridized carbons (Fsp3) is 0.222. The van der Waals surface area contributed by atoms with E-state index < -0.39 is 23.6 Å². The lowest BCUT2D eigenvalue weighted by Crippen LogP contribution is -2.41. The Bertz CT molecular complexity index is 435. The second kappa shape index (κ2) is 4.44. The minimum atomic E-state index is -5.82. The minimum absolute atomic E-state index is 0.0333. The average molecular weight is 271 g/mol. The van der Waals surface area contributed by atoms with E-state index in [-0.39, 0.29) is 11.0 Å². The van der Waals surface area contributed by atoms with E-state index in [1.807, 2.05) is 0 Å². The standard InChI is InChI=1S/C9H6F5NOS/c10-8(11,9(12,13)14)7(15)4-5(16)6-2-1-3-17-6/h1-4H,15H2/b7-4-. The van der Waals surface area contributed by atoms with Gasteiger partial charge < -0.3 is 5.73 Å². The zero-order chi connectivity index (χ0) is 13.3. The summed E-state index contributed by atoms with van der Waals surface area (Å²) in [5.74, 6) is -6.19. The van der Waals surface area contributed by atoms with Crippen LogP contribution in [-0.4, -0.2) is 17.9 Å². The largest absolute Gasteiger partial charge is 0.459 e. The van der Waals surface area contributed by atoms with Crippen LogP contribution in [0.5, 0.6) is 0 Å². The summed E-state index contributed by atoms with van der Waals surface area (Å²) in [6.45, 7) is 0. The number of hydrogen-bond donors (Lipinski definition) is 1. The molecule has 1 aromatic rings. The maximum Gasteiger partial charge on any atom is 0.459 e. The van der Waals surface area contributed by atoms with Crippen molar-refractivity contribution in [2.24, 2.45) is 5.73 Å². The Morgan fingerprint density at radius 1 is 1.29 bits per heavy atom. The van der Waals surface area contributed by atoms with Crippen molar-refractivity contribution >= 4 is 17.1 Å². The Morgan fingerprint density at radius 2 is 1.88 bits per heavy atom. The van der Waals surface area contributed by atoms with Gasteiger partial charge in [-0.05, 0) is 11.4 Å². The highest BCUT2D eigenvalue weighted by Gasteiger charge is 2.59. The van der Waals surface area contributed by atoms with E-state index in [4.69, 9.17) is 0 Å². The fourth-order valence-electron chi connectivity index (χ4n) is 0.885.